The summed E-state index contributed by atoms with van der Waals surface area (Å²) in [5.74, 6) is -1.18. The number of para-hydroxylation sites is 1. The summed E-state index contributed by atoms with van der Waals surface area (Å²) < 4.78 is 44.1. The van der Waals surface area contributed by atoms with Gasteiger partial charge in [0.25, 0.3) is 0 Å². The second-order valence-corrected chi connectivity index (χ2v) is 11.5. The maximum Gasteiger partial charge on any atom is 0.133 e. The zero-order valence-corrected chi connectivity index (χ0v) is 21.8. The molecule has 0 aliphatic carbocycles. The van der Waals surface area contributed by atoms with Gasteiger partial charge in [0.15, 0.2) is 0 Å². The summed E-state index contributed by atoms with van der Waals surface area (Å²) in [5, 5.41) is 14.3. The molecule has 3 N–H and O–H groups in total. The SMILES string of the molecule is CC1Cc2c([nH]c3ccccc23)C(c2c(F)cc(NC3CN(CCCF)C3)cc2F)N1CC(C)(C)CO. The molecule has 0 amide bonds. The first-order valence-corrected chi connectivity index (χ1v) is 13.2. The number of nitrogens with zero attached hydrogens (tertiary/aromatic N) is 2. The van der Waals surface area contributed by atoms with Gasteiger partial charge in [-0.15, -0.1) is 0 Å². The Bertz CT molecular complexity index is 1230. The summed E-state index contributed by atoms with van der Waals surface area (Å²) in [4.78, 5) is 7.72. The summed E-state index contributed by atoms with van der Waals surface area (Å²) in [6, 6.07) is 10.2. The number of hydrogen-bond acceptors (Lipinski definition) is 4. The van der Waals surface area contributed by atoms with Gasteiger partial charge in [0, 0.05) is 72.1 Å². The molecule has 1 fully saturated rings. The van der Waals surface area contributed by atoms with E-state index in [1.165, 1.54) is 12.1 Å². The molecule has 8 heteroatoms. The highest BCUT2D eigenvalue weighted by molar-refractivity contribution is 5.85. The van der Waals surface area contributed by atoms with Crippen molar-refractivity contribution in [2.75, 3.05) is 44.8 Å². The Morgan fingerprint density at radius 3 is 2.51 bits per heavy atom. The molecule has 0 radical (unpaired) electrons. The van der Waals surface area contributed by atoms with E-state index in [1.807, 2.05) is 32.0 Å². The Hall–Kier alpha value is -2.55. The summed E-state index contributed by atoms with van der Waals surface area (Å²) in [6.45, 7) is 8.29. The molecule has 1 saturated heterocycles. The maximum absolute atomic E-state index is 15.9. The van der Waals surface area contributed by atoms with Crippen LogP contribution in [0.4, 0.5) is 18.9 Å². The van der Waals surface area contributed by atoms with Gasteiger partial charge in [-0.1, -0.05) is 32.0 Å². The summed E-state index contributed by atoms with van der Waals surface area (Å²) in [7, 11) is 0. The topological polar surface area (TPSA) is 54.5 Å². The molecule has 1 aromatic heterocycles. The van der Waals surface area contributed by atoms with Crippen LogP contribution in [0.25, 0.3) is 10.9 Å². The molecular weight excluding hydrogens is 477 g/mol. The first-order chi connectivity index (χ1) is 17.7. The number of aliphatic hydroxyl groups excluding tert-OH is 1. The first-order valence-electron chi connectivity index (χ1n) is 13.2. The van der Waals surface area contributed by atoms with E-state index in [4.69, 9.17) is 0 Å². The van der Waals surface area contributed by atoms with Crippen molar-refractivity contribution >= 4 is 16.6 Å². The number of anilines is 1. The van der Waals surface area contributed by atoms with Gasteiger partial charge in [-0.05, 0) is 43.5 Å². The quantitative estimate of drug-likeness (QED) is 0.365. The van der Waals surface area contributed by atoms with Crippen molar-refractivity contribution in [3.05, 3.63) is 64.9 Å². The van der Waals surface area contributed by atoms with Crippen molar-refractivity contribution in [2.45, 2.75) is 51.7 Å². The van der Waals surface area contributed by atoms with Crippen molar-refractivity contribution in [3.8, 4) is 0 Å². The number of alkyl halides is 1. The number of aromatic amines is 1. The monoisotopic (exact) mass is 514 g/mol. The zero-order valence-electron chi connectivity index (χ0n) is 21.8. The van der Waals surface area contributed by atoms with Crippen LogP contribution in [0.1, 0.15) is 50.1 Å². The van der Waals surface area contributed by atoms with Gasteiger partial charge in [-0.2, -0.15) is 0 Å². The van der Waals surface area contributed by atoms with E-state index in [2.05, 4.69) is 33.1 Å². The maximum atomic E-state index is 15.9. The lowest BCUT2D eigenvalue weighted by Crippen LogP contribution is -2.54. The molecule has 200 valence electrons. The van der Waals surface area contributed by atoms with Crippen LogP contribution in [0.15, 0.2) is 36.4 Å². The Kier molecular flexibility index (Phi) is 7.27. The molecule has 37 heavy (non-hydrogen) atoms. The van der Waals surface area contributed by atoms with Crippen LogP contribution < -0.4 is 5.32 Å². The number of hydrogen-bond donors (Lipinski definition) is 3. The molecule has 0 bridgehead atoms. The Morgan fingerprint density at radius 2 is 1.84 bits per heavy atom. The largest absolute Gasteiger partial charge is 0.396 e. The summed E-state index contributed by atoms with van der Waals surface area (Å²) in [5.41, 5.74) is 2.86. The predicted octanol–water partition coefficient (Wildman–Crippen LogP) is 5.26. The van der Waals surface area contributed by atoms with Gasteiger partial charge in [-0.3, -0.25) is 14.2 Å². The lowest BCUT2D eigenvalue weighted by atomic mass is 9.84. The van der Waals surface area contributed by atoms with Crippen LogP contribution >= 0.6 is 0 Å². The number of aliphatic hydroxyl groups is 1. The number of nitrogens with one attached hydrogen (secondary N) is 2. The lowest BCUT2D eigenvalue weighted by Gasteiger charge is -2.44. The highest BCUT2D eigenvalue weighted by atomic mass is 19.1. The number of benzene rings is 2. The molecular formula is C29H37F3N4O. The van der Waals surface area contributed by atoms with Crippen molar-refractivity contribution in [1.82, 2.24) is 14.8 Å². The van der Waals surface area contributed by atoms with Crippen LogP contribution in [-0.4, -0.2) is 71.4 Å². The number of halogens is 3. The van der Waals surface area contributed by atoms with Gasteiger partial charge in [0.05, 0.1) is 18.8 Å². The molecule has 3 aromatic rings. The van der Waals surface area contributed by atoms with Gasteiger partial charge in [-0.25, -0.2) is 8.78 Å². The van der Waals surface area contributed by atoms with E-state index < -0.39 is 23.1 Å². The molecule has 5 rings (SSSR count). The van der Waals surface area contributed by atoms with E-state index in [1.54, 1.807) is 0 Å². The number of aromatic nitrogens is 1. The third-order valence-electron chi connectivity index (χ3n) is 7.84. The normalized spacial score (nSPS) is 21.3. The predicted molar refractivity (Wildman–Crippen MR) is 142 cm³/mol. The fraction of sp³-hybridized carbons (Fsp3) is 0.517. The zero-order chi connectivity index (χ0) is 26.3. The molecule has 3 heterocycles. The van der Waals surface area contributed by atoms with Crippen molar-refractivity contribution in [2.24, 2.45) is 5.41 Å². The fourth-order valence-electron chi connectivity index (χ4n) is 5.90. The Morgan fingerprint density at radius 1 is 1.14 bits per heavy atom. The lowest BCUT2D eigenvalue weighted by molar-refractivity contribution is 0.0544. The number of H-pyrrole nitrogens is 1. The average molecular weight is 515 g/mol. The minimum Gasteiger partial charge on any atom is -0.396 e. The van der Waals surface area contributed by atoms with E-state index in [9.17, 15) is 9.50 Å². The van der Waals surface area contributed by atoms with E-state index in [0.29, 0.717) is 25.2 Å². The number of fused-ring (bicyclic) bond motifs is 3. The highest BCUT2D eigenvalue weighted by Gasteiger charge is 2.41. The molecule has 2 aromatic carbocycles. The number of likely N-dealkylation sites (tertiary alicyclic amines) is 1. The van der Waals surface area contributed by atoms with Crippen LogP contribution in [0.5, 0.6) is 0 Å². The second-order valence-electron chi connectivity index (χ2n) is 11.5. The van der Waals surface area contributed by atoms with Crippen LogP contribution in [0, 0.1) is 17.0 Å². The standard InChI is InChI=1S/C29H37F3N4O/c1-18-11-22-21-7-4-5-8-25(21)34-27(22)28(36(18)16-29(2,3)17-37)26-23(31)12-19(13-24(26)32)33-20-14-35(15-20)10-6-9-30/h4-5,7-8,12-13,18,20,28,33-34,37H,6,9-11,14-17H2,1-3H3. The first kappa shape index (κ1) is 26.1. The number of rotatable bonds is 9. The summed E-state index contributed by atoms with van der Waals surface area (Å²) >= 11 is 0. The minimum atomic E-state index is -0.647. The second kappa shape index (κ2) is 10.3. The van der Waals surface area contributed by atoms with Crippen LogP contribution in [0.2, 0.25) is 0 Å². The van der Waals surface area contributed by atoms with Crippen LogP contribution in [-0.2, 0) is 6.42 Å². The van der Waals surface area contributed by atoms with Crippen molar-refractivity contribution < 1.29 is 18.3 Å². The molecule has 0 spiro atoms. The highest BCUT2D eigenvalue weighted by Crippen LogP contribution is 2.44. The Labute approximate surface area is 216 Å². The van der Waals surface area contributed by atoms with Crippen molar-refractivity contribution in [1.29, 1.82) is 0 Å². The third kappa shape index (κ3) is 5.11. The van der Waals surface area contributed by atoms with Gasteiger partial charge < -0.3 is 15.4 Å². The van der Waals surface area contributed by atoms with E-state index in [0.717, 1.165) is 41.7 Å². The van der Waals surface area contributed by atoms with Gasteiger partial charge >= 0.3 is 0 Å². The molecule has 0 saturated carbocycles. The Balaban J connectivity index is 1.50. The van der Waals surface area contributed by atoms with Crippen LogP contribution in [0.3, 0.4) is 0 Å². The summed E-state index contributed by atoms with van der Waals surface area (Å²) in [6.07, 6.45) is 1.25. The molecule has 2 unspecified atom stereocenters. The third-order valence-corrected chi connectivity index (χ3v) is 7.84. The van der Waals surface area contributed by atoms with Crippen molar-refractivity contribution in [3.63, 3.8) is 0 Å². The van der Waals surface area contributed by atoms with Gasteiger partial charge in [0.2, 0.25) is 0 Å². The molecule has 5 nitrogen and oxygen atoms in total. The molecule has 2 aliphatic rings. The van der Waals surface area contributed by atoms with Gasteiger partial charge in [0.1, 0.15) is 11.6 Å². The molecule has 2 aliphatic heterocycles. The molecule has 2 atom stereocenters. The average Bonchev–Trinajstić information content (AvgIpc) is 3.19. The minimum absolute atomic E-state index is 0.0180. The van der Waals surface area contributed by atoms with E-state index in [-0.39, 0.29) is 30.9 Å². The van der Waals surface area contributed by atoms with E-state index >= 15 is 8.78 Å². The fourth-order valence-corrected chi connectivity index (χ4v) is 5.90. The smallest absolute Gasteiger partial charge is 0.133 e.